The molecule has 0 radical (unpaired) electrons. The number of aromatic nitrogens is 1. The van der Waals surface area contributed by atoms with Crippen LogP contribution in [0.1, 0.15) is 24.1 Å². The number of hydrogen-bond acceptors (Lipinski definition) is 3. The van der Waals surface area contributed by atoms with Crippen LogP contribution in [0.25, 0.3) is 0 Å². The molecule has 0 aliphatic heterocycles. The Labute approximate surface area is 123 Å². The Morgan fingerprint density at radius 1 is 1.40 bits per heavy atom. The average Bonchev–Trinajstić information content (AvgIpc) is 2.41. The molecule has 5 heteroatoms. The van der Waals surface area contributed by atoms with Gasteiger partial charge in [-0.3, -0.25) is 4.98 Å². The first kappa shape index (κ1) is 14.8. The first-order chi connectivity index (χ1) is 9.61. The Kier molecular flexibility index (Phi) is 4.93. The molecular formula is C15H17ClFN3. The minimum absolute atomic E-state index is 0.163. The number of anilines is 1. The molecule has 1 atom stereocenters. The lowest BCUT2D eigenvalue weighted by Crippen LogP contribution is -2.24. The second-order valence-electron chi connectivity index (χ2n) is 4.55. The lowest BCUT2D eigenvalue weighted by molar-refractivity contribution is 0.510. The van der Waals surface area contributed by atoms with E-state index in [1.54, 1.807) is 30.6 Å². The summed E-state index contributed by atoms with van der Waals surface area (Å²) in [7, 11) is 0. The van der Waals surface area contributed by atoms with Crippen LogP contribution in [0, 0.1) is 5.82 Å². The summed E-state index contributed by atoms with van der Waals surface area (Å²) in [6.45, 7) is 2.71. The molecule has 0 saturated carbocycles. The van der Waals surface area contributed by atoms with E-state index in [4.69, 9.17) is 17.3 Å². The van der Waals surface area contributed by atoms with Crippen molar-refractivity contribution in [1.29, 1.82) is 0 Å². The van der Waals surface area contributed by atoms with Gasteiger partial charge < -0.3 is 11.1 Å². The molecule has 0 spiro atoms. The van der Waals surface area contributed by atoms with Crippen LogP contribution in [0.15, 0.2) is 36.7 Å². The Hall–Kier alpha value is -1.65. The smallest absolute Gasteiger partial charge is 0.129 e. The van der Waals surface area contributed by atoms with Gasteiger partial charge in [-0.25, -0.2) is 4.39 Å². The van der Waals surface area contributed by atoms with Crippen molar-refractivity contribution in [3.63, 3.8) is 0 Å². The summed E-state index contributed by atoms with van der Waals surface area (Å²) < 4.78 is 14.1. The molecule has 1 heterocycles. The monoisotopic (exact) mass is 293 g/mol. The molecule has 1 aromatic carbocycles. The van der Waals surface area contributed by atoms with Gasteiger partial charge in [0.1, 0.15) is 5.82 Å². The van der Waals surface area contributed by atoms with Gasteiger partial charge in [0.2, 0.25) is 0 Å². The summed E-state index contributed by atoms with van der Waals surface area (Å²) in [5, 5.41) is 3.66. The van der Waals surface area contributed by atoms with E-state index in [0.717, 1.165) is 12.1 Å². The minimum atomic E-state index is -0.314. The normalized spacial score (nSPS) is 12.3. The number of halogens is 2. The molecule has 1 unspecified atom stereocenters. The van der Waals surface area contributed by atoms with Crippen molar-refractivity contribution in [2.45, 2.75) is 19.4 Å². The van der Waals surface area contributed by atoms with Crippen molar-refractivity contribution in [2.24, 2.45) is 0 Å². The molecule has 0 fully saturated rings. The SMILES string of the molecule is CCNC(Cc1cnccc1N)c1ccc(Cl)cc1F. The zero-order valence-corrected chi connectivity index (χ0v) is 12.0. The summed E-state index contributed by atoms with van der Waals surface area (Å²) in [5.41, 5.74) is 8.07. The van der Waals surface area contributed by atoms with Crippen LogP contribution in [0.3, 0.4) is 0 Å². The first-order valence-corrected chi connectivity index (χ1v) is 6.86. The Balaban J connectivity index is 2.29. The number of likely N-dealkylation sites (N-methyl/N-ethyl adjacent to an activating group) is 1. The fourth-order valence-electron chi connectivity index (χ4n) is 2.15. The van der Waals surface area contributed by atoms with Crippen LogP contribution in [0.2, 0.25) is 5.02 Å². The quantitative estimate of drug-likeness (QED) is 0.889. The zero-order valence-electron chi connectivity index (χ0n) is 11.2. The lowest BCUT2D eigenvalue weighted by Gasteiger charge is -2.20. The number of nitrogens with one attached hydrogen (secondary N) is 1. The van der Waals surface area contributed by atoms with Crippen molar-refractivity contribution in [3.8, 4) is 0 Å². The summed E-state index contributed by atoms with van der Waals surface area (Å²) in [5.74, 6) is -0.314. The molecule has 2 rings (SSSR count). The molecule has 0 bridgehead atoms. The number of rotatable bonds is 5. The van der Waals surface area contributed by atoms with E-state index >= 15 is 0 Å². The maximum absolute atomic E-state index is 14.1. The number of hydrogen-bond donors (Lipinski definition) is 2. The van der Waals surface area contributed by atoms with Gasteiger partial charge in [0, 0.05) is 34.7 Å². The second-order valence-corrected chi connectivity index (χ2v) is 4.99. The molecule has 20 heavy (non-hydrogen) atoms. The van der Waals surface area contributed by atoms with E-state index < -0.39 is 0 Å². The third-order valence-electron chi connectivity index (χ3n) is 3.15. The van der Waals surface area contributed by atoms with Crippen LogP contribution >= 0.6 is 11.6 Å². The fraction of sp³-hybridized carbons (Fsp3) is 0.267. The highest BCUT2D eigenvalue weighted by atomic mass is 35.5. The molecular weight excluding hydrogens is 277 g/mol. The number of pyridine rings is 1. The molecule has 0 amide bonds. The molecule has 0 aliphatic rings. The third-order valence-corrected chi connectivity index (χ3v) is 3.39. The second kappa shape index (κ2) is 6.68. The van der Waals surface area contributed by atoms with Gasteiger partial charge in [-0.1, -0.05) is 24.6 Å². The first-order valence-electron chi connectivity index (χ1n) is 6.48. The summed E-state index contributed by atoms with van der Waals surface area (Å²) >= 11 is 5.79. The van der Waals surface area contributed by atoms with E-state index in [2.05, 4.69) is 10.3 Å². The van der Waals surface area contributed by atoms with Crippen molar-refractivity contribution >= 4 is 17.3 Å². The van der Waals surface area contributed by atoms with E-state index in [9.17, 15) is 4.39 Å². The highest BCUT2D eigenvalue weighted by molar-refractivity contribution is 6.30. The van der Waals surface area contributed by atoms with E-state index in [0.29, 0.717) is 22.7 Å². The van der Waals surface area contributed by atoms with E-state index in [1.807, 2.05) is 6.92 Å². The topological polar surface area (TPSA) is 50.9 Å². The zero-order chi connectivity index (χ0) is 14.5. The minimum Gasteiger partial charge on any atom is -0.398 e. The largest absolute Gasteiger partial charge is 0.398 e. The number of nitrogens with two attached hydrogens (primary N) is 1. The standard InChI is InChI=1S/C15H17ClFN3/c1-2-20-15(7-10-9-19-6-5-14(10)18)12-4-3-11(16)8-13(12)17/h3-6,8-9,15,20H,2,7H2,1H3,(H2,18,19). The van der Waals surface area contributed by atoms with Gasteiger partial charge in [0.25, 0.3) is 0 Å². The van der Waals surface area contributed by atoms with Crippen LogP contribution in [-0.2, 0) is 6.42 Å². The fourth-order valence-corrected chi connectivity index (χ4v) is 2.31. The van der Waals surface area contributed by atoms with E-state index in [1.165, 1.54) is 6.07 Å². The average molecular weight is 294 g/mol. The summed E-state index contributed by atoms with van der Waals surface area (Å²) in [6, 6.07) is 6.31. The Morgan fingerprint density at radius 2 is 2.20 bits per heavy atom. The van der Waals surface area contributed by atoms with Gasteiger partial charge in [0.05, 0.1) is 0 Å². The van der Waals surface area contributed by atoms with Crippen molar-refractivity contribution in [1.82, 2.24) is 10.3 Å². The van der Waals surface area contributed by atoms with Crippen molar-refractivity contribution in [2.75, 3.05) is 12.3 Å². The predicted molar refractivity (Wildman–Crippen MR) is 80.2 cm³/mol. The molecule has 106 valence electrons. The van der Waals surface area contributed by atoms with Gasteiger partial charge in [-0.05, 0) is 36.7 Å². The number of benzene rings is 1. The predicted octanol–water partition coefficient (Wildman–Crippen LogP) is 3.35. The maximum atomic E-state index is 14.1. The van der Waals surface area contributed by atoms with Gasteiger partial charge >= 0.3 is 0 Å². The van der Waals surface area contributed by atoms with Crippen LogP contribution < -0.4 is 11.1 Å². The van der Waals surface area contributed by atoms with Crippen LogP contribution in [0.4, 0.5) is 10.1 Å². The molecule has 2 aromatic rings. The van der Waals surface area contributed by atoms with Crippen molar-refractivity contribution in [3.05, 3.63) is 58.6 Å². The lowest BCUT2D eigenvalue weighted by atomic mass is 9.98. The Morgan fingerprint density at radius 3 is 2.85 bits per heavy atom. The van der Waals surface area contributed by atoms with Gasteiger partial charge in [-0.15, -0.1) is 0 Å². The van der Waals surface area contributed by atoms with Gasteiger partial charge in [-0.2, -0.15) is 0 Å². The highest BCUT2D eigenvalue weighted by Crippen LogP contribution is 2.25. The number of nitrogen functional groups attached to an aromatic ring is 1. The Bertz CT molecular complexity index is 589. The highest BCUT2D eigenvalue weighted by Gasteiger charge is 2.17. The molecule has 0 aliphatic carbocycles. The summed E-state index contributed by atoms with van der Waals surface area (Å²) in [6.07, 6.45) is 3.93. The molecule has 3 N–H and O–H groups in total. The number of nitrogens with zero attached hydrogens (tertiary/aromatic N) is 1. The van der Waals surface area contributed by atoms with Crippen LogP contribution in [-0.4, -0.2) is 11.5 Å². The third kappa shape index (κ3) is 3.46. The summed E-state index contributed by atoms with van der Waals surface area (Å²) in [4.78, 5) is 4.07. The molecule has 1 aromatic heterocycles. The van der Waals surface area contributed by atoms with E-state index in [-0.39, 0.29) is 11.9 Å². The maximum Gasteiger partial charge on any atom is 0.129 e. The van der Waals surface area contributed by atoms with Crippen molar-refractivity contribution < 1.29 is 4.39 Å². The van der Waals surface area contributed by atoms with Gasteiger partial charge in [0.15, 0.2) is 0 Å². The van der Waals surface area contributed by atoms with Crippen LogP contribution in [0.5, 0.6) is 0 Å². The molecule has 3 nitrogen and oxygen atoms in total. The molecule has 0 saturated heterocycles.